The molecular formula is C15H19N3O2. The Bertz CT molecular complexity index is 561. The molecule has 2 aromatic rings. The number of nitrogens with zero attached hydrogens (tertiary/aromatic N) is 3. The van der Waals surface area contributed by atoms with Crippen LogP contribution in [0, 0.1) is 0 Å². The monoisotopic (exact) mass is 273 g/mol. The minimum Gasteiger partial charge on any atom is -0.378 e. The third-order valence-electron chi connectivity index (χ3n) is 3.19. The Morgan fingerprint density at radius 1 is 1.30 bits per heavy atom. The maximum atomic E-state index is 10.9. The normalized spacial score (nSPS) is 10.7. The number of aldehydes is 1. The van der Waals surface area contributed by atoms with Gasteiger partial charge in [0.2, 0.25) is 0 Å². The first kappa shape index (κ1) is 14.4. The molecule has 0 aliphatic heterocycles. The van der Waals surface area contributed by atoms with E-state index in [1.54, 1.807) is 11.8 Å². The van der Waals surface area contributed by atoms with Gasteiger partial charge in [0.05, 0.1) is 12.3 Å². The van der Waals surface area contributed by atoms with Gasteiger partial charge >= 0.3 is 0 Å². The van der Waals surface area contributed by atoms with Gasteiger partial charge in [-0.25, -0.2) is 4.68 Å². The summed E-state index contributed by atoms with van der Waals surface area (Å²) in [5, 5.41) is 7.89. The van der Waals surface area contributed by atoms with Crippen molar-refractivity contribution in [2.24, 2.45) is 0 Å². The topological polar surface area (TPSA) is 57.0 Å². The second-order valence-corrected chi connectivity index (χ2v) is 4.65. The van der Waals surface area contributed by atoms with E-state index >= 15 is 0 Å². The van der Waals surface area contributed by atoms with Crippen molar-refractivity contribution in [3.8, 4) is 5.69 Å². The standard InChI is InChI=1S/C15H19N3O2/c1-3-4-5-12-6-8-13(9-7-12)18-15(11-20-2)14(10-19)16-17-18/h6-10H,3-5,11H2,1-2H3. The molecule has 0 amide bonds. The lowest BCUT2D eigenvalue weighted by Crippen LogP contribution is -2.05. The first-order chi connectivity index (χ1) is 9.80. The van der Waals surface area contributed by atoms with Crippen LogP contribution in [0.4, 0.5) is 0 Å². The van der Waals surface area contributed by atoms with Crippen molar-refractivity contribution >= 4 is 6.29 Å². The van der Waals surface area contributed by atoms with Gasteiger partial charge in [-0.2, -0.15) is 0 Å². The van der Waals surface area contributed by atoms with Crippen LogP contribution in [-0.4, -0.2) is 28.4 Å². The molecule has 20 heavy (non-hydrogen) atoms. The molecule has 1 aromatic carbocycles. The molecule has 0 radical (unpaired) electrons. The predicted octanol–water partition coefficient (Wildman–Crippen LogP) is 2.57. The smallest absolute Gasteiger partial charge is 0.172 e. The van der Waals surface area contributed by atoms with Crippen molar-refractivity contribution < 1.29 is 9.53 Å². The van der Waals surface area contributed by atoms with E-state index in [-0.39, 0.29) is 0 Å². The summed E-state index contributed by atoms with van der Waals surface area (Å²) in [6.07, 6.45) is 4.16. The van der Waals surface area contributed by atoms with Crippen molar-refractivity contribution in [2.75, 3.05) is 7.11 Å². The van der Waals surface area contributed by atoms with E-state index in [4.69, 9.17) is 4.74 Å². The lowest BCUT2D eigenvalue weighted by Gasteiger charge is -2.07. The molecule has 0 unspecified atom stereocenters. The highest BCUT2D eigenvalue weighted by atomic mass is 16.5. The quantitative estimate of drug-likeness (QED) is 0.727. The van der Waals surface area contributed by atoms with E-state index in [0.717, 1.165) is 12.1 Å². The number of aromatic nitrogens is 3. The molecule has 0 atom stereocenters. The van der Waals surface area contributed by atoms with Gasteiger partial charge in [-0.3, -0.25) is 4.79 Å². The first-order valence-corrected chi connectivity index (χ1v) is 6.78. The molecular weight excluding hydrogens is 254 g/mol. The molecule has 0 fully saturated rings. The van der Waals surface area contributed by atoms with Crippen molar-refractivity contribution in [3.63, 3.8) is 0 Å². The van der Waals surface area contributed by atoms with Crippen LogP contribution in [0.15, 0.2) is 24.3 Å². The number of hydrogen-bond acceptors (Lipinski definition) is 4. The SMILES string of the molecule is CCCCc1ccc(-n2nnc(C=O)c2COC)cc1. The predicted molar refractivity (Wildman–Crippen MR) is 76.1 cm³/mol. The number of rotatable bonds is 7. The van der Waals surface area contributed by atoms with E-state index in [1.807, 2.05) is 12.1 Å². The summed E-state index contributed by atoms with van der Waals surface area (Å²) < 4.78 is 6.76. The molecule has 2 rings (SSSR count). The number of benzene rings is 1. The fourth-order valence-corrected chi connectivity index (χ4v) is 2.07. The minimum absolute atomic E-state index is 0.304. The molecule has 0 saturated carbocycles. The second-order valence-electron chi connectivity index (χ2n) is 4.65. The number of methoxy groups -OCH3 is 1. The Kier molecular flexibility index (Phi) is 5.01. The first-order valence-electron chi connectivity index (χ1n) is 6.78. The summed E-state index contributed by atoms with van der Waals surface area (Å²) in [6.45, 7) is 2.49. The third-order valence-corrected chi connectivity index (χ3v) is 3.19. The van der Waals surface area contributed by atoms with Gasteiger partial charge in [0.15, 0.2) is 12.0 Å². The van der Waals surface area contributed by atoms with Crippen LogP contribution < -0.4 is 0 Å². The highest BCUT2D eigenvalue weighted by molar-refractivity contribution is 5.73. The van der Waals surface area contributed by atoms with E-state index in [2.05, 4.69) is 29.4 Å². The summed E-state index contributed by atoms with van der Waals surface area (Å²) in [5.41, 5.74) is 3.18. The molecule has 0 saturated heterocycles. The van der Waals surface area contributed by atoms with Gasteiger partial charge < -0.3 is 4.74 Å². The van der Waals surface area contributed by atoms with Crippen LogP contribution >= 0.6 is 0 Å². The Labute approximate surface area is 118 Å². The molecule has 0 aliphatic rings. The lowest BCUT2D eigenvalue weighted by molar-refractivity contribution is 0.111. The molecule has 0 aliphatic carbocycles. The Morgan fingerprint density at radius 2 is 2.05 bits per heavy atom. The van der Waals surface area contributed by atoms with Crippen LogP contribution in [0.3, 0.4) is 0 Å². The van der Waals surface area contributed by atoms with Crippen LogP contribution in [0.25, 0.3) is 5.69 Å². The van der Waals surface area contributed by atoms with Crippen LogP contribution in [0.1, 0.15) is 41.5 Å². The van der Waals surface area contributed by atoms with Gasteiger partial charge in [0.1, 0.15) is 5.69 Å². The van der Waals surface area contributed by atoms with Crippen molar-refractivity contribution in [3.05, 3.63) is 41.2 Å². The summed E-state index contributed by atoms with van der Waals surface area (Å²) in [6, 6.07) is 8.16. The average Bonchev–Trinajstić information content (AvgIpc) is 2.89. The van der Waals surface area contributed by atoms with Crippen molar-refractivity contribution in [2.45, 2.75) is 32.8 Å². The largest absolute Gasteiger partial charge is 0.378 e. The van der Waals surface area contributed by atoms with Crippen LogP contribution in [0.2, 0.25) is 0 Å². The third kappa shape index (κ3) is 3.11. The van der Waals surface area contributed by atoms with Gasteiger partial charge in [0.25, 0.3) is 0 Å². The molecule has 106 valence electrons. The molecule has 0 N–H and O–H groups in total. The zero-order chi connectivity index (χ0) is 14.4. The minimum atomic E-state index is 0.304. The average molecular weight is 273 g/mol. The fourth-order valence-electron chi connectivity index (χ4n) is 2.07. The maximum Gasteiger partial charge on any atom is 0.172 e. The van der Waals surface area contributed by atoms with E-state index in [0.29, 0.717) is 24.3 Å². The zero-order valence-corrected chi connectivity index (χ0v) is 11.9. The summed E-state index contributed by atoms with van der Waals surface area (Å²) >= 11 is 0. The zero-order valence-electron chi connectivity index (χ0n) is 11.9. The molecule has 1 heterocycles. The molecule has 5 nitrogen and oxygen atoms in total. The lowest BCUT2D eigenvalue weighted by atomic mass is 10.1. The highest BCUT2D eigenvalue weighted by Crippen LogP contribution is 2.15. The number of unbranched alkanes of at least 4 members (excludes halogenated alkanes) is 1. The fraction of sp³-hybridized carbons (Fsp3) is 0.400. The van der Waals surface area contributed by atoms with E-state index in [9.17, 15) is 4.79 Å². The van der Waals surface area contributed by atoms with Crippen LogP contribution in [0.5, 0.6) is 0 Å². The molecule has 0 spiro atoms. The van der Waals surface area contributed by atoms with Gasteiger partial charge in [0, 0.05) is 7.11 Å². The number of ether oxygens (including phenoxy) is 1. The van der Waals surface area contributed by atoms with E-state index < -0.39 is 0 Å². The Morgan fingerprint density at radius 3 is 2.65 bits per heavy atom. The number of aryl methyl sites for hydroxylation is 1. The van der Waals surface area contributed by atoms with Crippen molar-refractivity contribution in [1.82, 2.24) is 15.0 Å². The Hall–Kier alpha value is -2.01. The molecule has 5 heteroatoms. The number of carbonyl (C=O) groups is 1. The van der Waals surface area contributed by atoms with Gasteiger partial charge in [-0.05, 0) is 30.5 Å². The maximum absolute atomic E-state index is 10.9. The molecule has 0 bridgehead atoms. The summed E-state index contributed by atoms with van der Waals surface area (Å²) in [7, 11) is 1.58. The molecule has 1 aromatic heterocycles. The van der Waals surface area contributed by atoms with E-state index in [1.165, 1.54) is 18.4 Å². The number of carbonyl (C=O) groups excluding carboxylic acids is 1. The van der Waals surface area contributed by atoms with Crippen molar-refractivity contribution in [1.29, 1.82) is 0 Å². The van der Waals surface area contributed by atoms with Gasteiger partial charge in [-0.1, -0.05) is 30.7 Å². The number of hydrogen-bond donors (Lipinski definition) is 0. The second kappa shape index (κ2) is 6.96. The summed E-state index contributed by atoms with van der Waals surface area (Å²) in [4.78, 5) is 10.9. The van der Waals surface area contributed by atoms with Crippen LogP contribution in [-0.2, 0) is 17.8 Å². The summed E-state index contributed by atoms with van der Waals surface area (Å²) in [5.74, 6) is 0. The Balaban J connectivity index is 2.27. The van der Waals surface area contributed by atoms with Gasteiger partial charge in [-0.15, -0.1) is 5.10 Å². The highest BCUT2D eigenvalue weighted by Gasteiger charge is 2.13.